The van der Waals surface area contributed by atoms with E-state index in [9.17, 15) is 9.59 Å². The number of nitrogens with zero attached hydrogens (tertiary/aromatic N) is 2. The van der Waals surface area contributed by atoms with Crippen molar-refractivity contribution >= 4 is 23.6 Å². The zero-order valence-corrected chi connectivity index (χ0v) is 14.6. The molecule has 9 heteroatoms. The molecule has 0 aromatic heterocycles. The second-order valence-electron chi connectivity index (χ2n) is 2.25. The van der Waals surface area contributed by atoms with Crippen LogP contribution >= 0.6 is 0 Å². The summed E-state index contributed by atoms with van der Waals surface area (Å²) in [4.78, 5) is 26.8. The molecular formula is C10H22N4O4Zr. The summed E-state index contributed by atoms with van der Waals surface area (Å²) >= 11 is 0. The third kappa shape index (κ3) is 16.8. The van der Waals surface area contributed by atoms with Crippen LogP contribution in [0.3, 0.4) is 0 Å². The molecule has 0 heterocycles. The van der Waals surface area contributed by atoms with Gasteiger partial charge >= 0.3 is 38.1 Å². The minimum atomic E-state index is -1.03. The summed E-state index contributed by atoms with van der Waals surface area (Å²) in [5, 5.41) is 21.2. The van der Waals surface area contributed by atoms with Crippen LogP contribution in [0, 0.1) is 14.9 Å². The minimum Gasteiger partial charge on any atom is -0.475 e. The molecule has 0 unspecified atom stereocenters. The first-order valence-corrected chi connectivity index (χ1v) is 4.20. The van der Waals surface area contributed by atoms with Crippen molar-refractivity contribution in [2.75, 3.05) is 28.2 Å². The number of aliphatic imine (C=N–C) groups is 2. The van der Waals surface area contributed by atoms with E-state index in [1.165, 1.54) is 28.2 Å². The monoisotopic (exact) mass is 352 g/mol. The van der Waals surface area contributed by atoms with E-state index in [-0.39, 0.29) is 52.7 Å². The number of likely N-dealkylation sites (N-methyl/N-ethyl adjacent to an activating group) is 2. The van der Waals surface area contributed by atoms with Crippen molar-refractivity contribution in [2.24, 2.45) is 9.98 Å². The SMILES string of the molecule is CN=C(NC)C(=O)O.CN=C(NC)C(=O)O.[CH3-].[CH3-].[Zr+2]. The summed E-state index contributed by atoms with van der Waals surface area (Å²) in [6, 6.07) is 0. The van der Waals surface area contributed by atoms with Crippen LogP contribution in [0.2, 0.25) is 0 Å². The Morgan fingerprint density at radius 1 is 0.842 bits per heavy atom. The molecule has 19 heavy (non-hydrogen) atoms. The first-order valence-electron chi connectivity index (χ1n) is 4.20. The summed E-state index contributed by atoms with van der Waals surface area (Å²) < 4.78 is 0. The number of carboxylic acids is 2. The van der Waals surface area contributed by atoms with E-state index in [0.717, 1.165) is 0 Å². The van der Waals surface area contributed by atoms with E-state index in [2.05, 4.69) is 20.6 Å². The summed E-state index contributed by atoms with van der Waals surface area (Å²) in [7, 11) is 5.85. The van der Waals surface area contributed by atoms with Crippen LogP contribution < -0.4 is 10.6 Å². The van der Waals surface area contributed by atoms with Crippen LogP contribution in [0.4, 0.5) is 0 Å². The summed E-state index contributed by atoms with van der Waals surface area (Å²) in [6.45, 7) is 0. The Morgan fingerprint density at radius 2 is 1.05 bits per heavy atom. The minimum absolute atomic E-state index is 0. The number of rotatable bonds is 0. The van der Waals surface area contributed by atoms with Gasteiger partial charge in [0, 0.05) is 28.2 Å². The van der Waals surface area contributed by atoms with E-state index >= 15 is 0 Å². The number of carboxylic acid groups (broad SMARTS) is 2. The van der Waals surface area contributed by atoms with Crippen LogP contribution in [0.5, 0.6) is 0 Å². The third-order valence-electron chi connectivity index (χ3n) is 1.33. The third-order valence-corrected chi connectivity index (χ3v) is 1.33. The average molecular weight is 354 g/mol. The smallest absolute Gasteiger partial charge is 0.475 e. The van der Waals surface area contributed by atoms with Gasteiger partial charge in [-0.2, -0.15) is 0 Å². The summed E-state index contributed by atoms with van der Waals surface area (Å²) in [5.41, 5.74) is 0. The molecule has 0 spiro atoms. The molecule has 110 valence electrons. The van der Waals surface area contributed by atoms with Crippen LogP contribution in [-0.4, -0.2) is 62.0 Å². The maximum absolute atomic E-state index is 9.97. The van der Waals surface area contributed by atoms with Gasteiger partial charge in [-0.3, -0.25) is 9.98 Å². The molecule has 8 nitrogen and oxygen atoms in total. The van der Waals surface area contributed by atoms with Gasteiger partial charge in [0.15, 0.2) is 0 Å². The molecule has 0 amide bonds. The van der Waals surface area contributed by atoms with Gasteiger partial charge < -0.3 is 35.7 Å². The van der Waals surface area contributed by atoms with E-state index in [4.69, 9.17) is 10.2 Å². The molecule has 0 rings (SSSR count). The van der Waals surface area contributed by atoms with Gasteiger partial charge in [-0.05, 0) is 0 Å². The van der Waals surface area contributed by atoms with Crippen LogP contribution in [-0.2, 0) is 35.8 Å². The quantitative estimate of drug-likeness (QED) is 0.265. The Morgan fingerprint density at radius 3 is 1.05 bits per heavy atom. The Kier molecular flexibility index (Phi) is 30.8. The van der Waals surface area contributed by atoms with Crippen molar-refractivity contribution < 1.29 is 46.0 Å². The zero-order valence-electron chi connectivity index (χ0n) is 12.1. The summed E-state index contributed by atoms with van der Waals surface area (Å²) in [6.07, 6.45) is 0. The molecule has 0 saturated heterocycles. The zero-order chi connectivity index (χ0) is 13.1. The van der Waals surface area contributed by atoms with Crippen molar-refractivity contribution in [3.63, 3.8) is 0 Å². The first kappa shape index (κ1) is 30.6. The van der Waals surface area contributed by atoms with Crippen LogP contribution in [0.1, 0.15) is 0 Å². The normalized spacial score (nSPS) is 9.26. The molecule has 0 aromatic rings. The van der Waals surface area contributed by atoms with Gasteiger partial charge in [0.25, 0.3) is 0 Å². The molecule has 0 aliphatic carbocycles. The van der Waals surface area contributed by atoms with E-state index < -0.39 is 11.9 Å². The second kappa shape index (κ2) is 19.1. The predicted octanol–water partition coefficient (Wildman–Crippen LogP) is -0.465. The Bertz CT molecular complexity index is 276. The maximum atomic E-state index is 9.97. The molecule has 0 saturated carbocycles. The van der Waals surface area contributed by atoms with Gasteiger partial charge in [-0.1, -0.05) is 0 Å². The number of nitrogens with one attached hydrogen (secondary N) is 2. The largest absolute Gasteiger partial charge is 2.00 e. The Balaban J connectivity index is -0.0000000594. The first-order chi connectivity index (χ1) is 7.44. The molecule has 0 atom stereocenters. The number of amidine groups is 2. The number of carbonyl (C=O) groups is 2. The molecule has 0 radical (unpaired) electrons. The molecule has 0 aliphatic rings. The van der Waals surface area contributed by atoms with Gasteiger partial charge in [0.05, 0.1) is 0 Å². The maximum Gasteiger partial charge on any atom is 2.00 e. The second-order valence-corrected chi connectivity index (χ2v) is 2.25. The fraction of sp³-hybridized carbons (Fsp3) is 0.400. The molecular weight excluding hydrogens is 331 g/mol. The van der Waals surface area contributed by atoms with Crippen molar-refractivity contribution in [2.45, 2.75) is 0 Å². The van der Waals surface area contributed by atoms with E-state index in [0.29, 0.717) is 0 Å². The van der Waals surface area contributed by atoms with Gasteiger partial charge in [-0.25, -0.2) is 9.59 Å². The fourth-order valence-electron chi connectivity index (χ4n) is 0.629. The van der Waals surface area contributed by atoms with E-state index in [1.54, 1.807) is 0 Å². The van der Waals surface area contributed by atoms with Crippen molar-refractivity contribution in [1.29, 1.82) is 0 Å². The fourth-order valence-corrected chi connectivity index (χ4v) is 0.629. The predicted molar refractivity (Wildman–Crippen MR) is 72.9 cm³/mol. The molecule has 0 bridgehead atoms. The summed E-state index contributed by atoms with van der Waals surface area (Å²) in [5.74, 6) is -2.11. The topological polar surface area (TPSA) is 123 Å². The van der Waals surface area contributed by atoms with E-state index in [1.807, 2.05) is 0 Å². The molecule has 4 N–H and O–H groups in total. The van der Waals surface area contributed by atoms with Crippen molar-refractivity contribution in [3.05, 3.63) is 14.9 Å². The van der Waals surface area contributed by atoms with Gasteiger partial charge in [0.1, 0.15) is 0 Å². The van der Waals surface area contributed by atoms with Crippen molar-refractivity contribution in [3.8, 4) is 0 Å². The van der Waals surface area contributed by atoms with Crippen LogP contribution in [0.15, 0.2) is 9.98 Å². The number of hydrogen-bond donors (Lipinski definition) is 4. The van der Waals surface area contributed by atoms with Crippen molar-refractivity contribution in [1.82, 2.24) is 10.6 Å². The number of hydrogen-bond acceptors (Lipinski definition) is 4. The Hall–Kier alpha value is -1.24. The van der Waals surface area contributed by atoms with Crippen LogP contribution in [0.25, 0.3) is 0 Å². The number of aliphatic carboxylic acids is 2. The average Bonchev–Trinajstić information content (AvgIpc) is 2.21. The Labute approximate surface area is 133 Å². The molecule has 0 aliphatic heterocycles. The van der Waals surface area contributed by atoms with Gasteiger partial charge in [-0.15, -0.1) is 0 Å². The molecule has 0 aromatic carbocycles. The van der Waals surface area contributed by atoms with Gasteiger partial charge in [0.2, 0.25) is 11.7 Å². The molecule has 0 fully saturated rings. The standard InChI is InChI=1S/2C4H8N2O2.2CH3.Zr/c2*1-5-3(6-2)4(7)8;;;/h2*1-2H3,(H,5,6)(H,7,8);2*1H3;/q;;2*-1;+2.